The number of carbonyl (C=O) groups is 2. The summed E-state index contributed by atoms with van der Waals surface area (Å²) in [4.78, 5) is 26.9. The Morgan fingerprint density at radius 2 is 1.93 bits per heavy atom. The number of anilines is 1. The van der Waals surface area contributed by atoms with E-state index < -0.39 is 12.1 Å². The van der Waals surface area contributed by atoms with Crippen molar-refractivity contribution < 1.29 is 19.1 Å². The molecule has 2 aromatic rings. The summed E-state index contributed by atoms with van der Waals surface area (Å²) < 4.78 is 10.5. The van der Waals surface area contributed by atoms with Gasteiger partial charge in [-0.1, -0.05) is 35.9 Å². The van der Waals surface area contributed by atoms with E-state index in [-0.39, 0.29) is 22.2 Å². The third-order valence-electron chi connectivity index (χ3n) is 4.61. The first-order chi connectivity index (χ1) is 12.9. The second-order valence-electron chi connectivity index (χ2n) is 6.40. The topological polar surface area (TPSA) is 81.9 Å². The monoisotopic (exact) mass is 388 g/mol. The third-order valence-corrected chi connectivity index (χ3v) is 4.94. The minimum Gasteiger partial charge on any atom is -0.496 e. The van der Waals surface area contributed by atoms with Crippen molar-refractivity contribution in [3.63, 3.8) is 0 Å². The van der Waals surface area contributed by atoms with E-state index in [9.17, 15) is 9.59 Å². The molecule has 3 rings (SSSR count). The molecule has 6 nitrogen and oxygen atoms in total. The van der Waals surface area contributed by atoms with Crippen LogP contribution in [0.2, 0.25) is 5.02 Å². The van der Waals surface area contributed by atoms with Gasteiger partial charge in [0.2, 0.25) is 0 Å². The highest BCUT2D eigenvalue weighted by Gasteiger charge is 2.28. The Labute approximate surface area is 162 Å². The number of hydrogen-bond acceptors (Lipinski definition) is 5. The zero-order valence-electron chi connectivity index (χ0n) is 15.2. The minimum absolute atomic E-state index is 0.125. The van der Waals surface area contributed by atoms with Gasteiger partial charge in [0.1, 0.15) is 11.3 Å². The van der Waals surface area contributed by atoms with Crippen LogP contribution < -0.4 is 10.5 Å². The van der Waals surface area contributed by atoms with Crippen LogP contribution in [-0.4, -0.2) is 36.5 Å². The molecule has 142 valence electrons. The smallest absolute Gasteiger partial charge is 0.342 e. The summed E-state index contributed by atoms with van der Waals surface area (Å²) in [6.07, 6.45) is -0.145. The van der Waals surface area contributed by atoms with Gasteiger partial charge in [0.25, 0.3) is 5.91 Å². The van der Waals surface area contributed by atoms with E-state index in [0.29, 0.717) is 18.8 Å². The molecule has 0 aromatic heterocycles. The van der Waals surface area contributed by atoms with Gasteiger partial charge < -0.3 is 20.1 Å². The maximum Gasteiger partial charge on any atom is 0.342 e. The van der Waals surface area contributed by atoms with Crippen molar-refractivity contribution in [1.82, 2.24) is 4.90 Å². The third kappa shape index (κ3) is 4.01. The second-order valence-corrected chi connectivity index (χ2v) is 6.81. The fourth-order valence-electron chi connectivity index (χ4n) is 3.11. The molecule has 1 atom stereocenters. The van der Waals surface area contributed by atoms with E-state index in [1.807, 2.05) is 18.2 Å². The number of fused-ring (bicyclic) bond motifs is 1. The highest BCUT2D eigenvalue weighted by Crippen LogP contribution is 2.29. The molecule has 7 heteroatoms. The van der Waals surface area contributed by atoms with Gasteiger partial charge in [0.05, 0.1) is 17.8 Å². The Hall–Kier alpha value is -2.73. The fourth-order valence-corrected chi connectivity index (χ4v) is 3.28. The fraction of sp³-hybridized carbons (Fsp3) is 0.300. The summed E-state index contributed by atoms with van der Waals surface area (Å²) in [7, 11) is 1.42. The first kappa shape index (κ1) is 19.0. The molecule has 2 aromatic carbocycles. The molecule has 1 aliphatic heterocycles. The standard InChI is InChI=1S/C20H21ClN2O4/c1-12(19(24)23-8-7-13-5-3-4-6-14(13)11-23)27-20(25)15-9-16(21)17(22)10-18(15)26-2/h3-6,9-10,12H,7-8,11,22H2,1-2H3/t12-/m1/s1. The Kier molecular flexibility index (Phi) is 5.56. The van der Waals surface area contributed by atoms with Crippen LogP contribution in [0.4, 0.5) is 5.69 Å². The highest BCUT2D eigenvalue weighted by atomic mass is 35.5. The van der Waals surface area contributed by atoms with Gasteiger partial charge in [-0.3, -0.25) is 4.79 Å². The molecule has 1 aliphatic rings. The lowest BCUT2D eigenvalue weighted by molar-refractivity contribution is -0.140. The van der Waals surface area contributed by atoms with Crippen molar-refractivity contribution in [1.29, 1.82) is 0 Å². The van der Waals surface area contributed by atoms with E-state index in [2.05, 4.69) is 6.07 Å². The molecule has 0 bridgehead atoms. The number of ether oxygens (including phenoxy) is 2. The summed E-state index contributed by atoms with van der Waals surface area (Å²) in [5, 5.41) is 0.217. The first-order valence-electron chi connectivity index (χ1n) is 8.60. The summed E-state index contributed by atoms with van der Waals surface area (Å²) in [5.74, 6) is -0.682. The maximum atomic E-state index is 12.7. The van der Waals surface area contributed by atoms with Crippen molar-refractivity contribution in [3.05, 3.63) is 58.1 Å². The lowest BCUT2D eigenvalue weighted by Gasteiger charge is -2.30. The number of hydrogen-bond donors (Lipinski definition) is 1. The number of methoxy groups -OCH3 is 1. The first-order valence-corrected chi connectivity index (χ1v) is 8.98. The van der Waals surface area contributed by atoms with Crippen molar-refractivity contribution in [3.8, 4) is 5.75 Å². The average Bonchev–Trinajstić information content (AvgIpc) is 2.68. The van der Waals surface area contributed by atoms with E-state index in [1.165, 1.54) is 24.8 Å². The number of nitrogens with two attached hydrogens (primary N) is 1. The van der Waals surface area contributed by atoms with Gasteiger partial charge in [-0.25, -0.2) is 4.79 Å². The minimum atomic E-state index is -0.927. The predicted octanol–water partition coefficient (Wildman–Crippen LogP) is 3.06. The Bertz CT molecular complexity index is 884. The van der Waals surface area contributed by atoms with Crippen LogP contribution in [0.3, 0.4) is 0 Å². The average molecular weight is 389 g/mol. The van der Waals surface area contributed by atoms with Crippen LogP contribution >= 0.6 is 11.6 Å². The van der Waals surface area contributed by atoms with Crippen LogP contribution in [0.25, 0.3) is 0 Å². The largest absolute Gasteiger partial charge is 0.496 e. The summed E-state index contributed by atoms with van der Waals surface area (Å²) in [5.41, 5.74) is 8.50. The van der Waals surface area contributed by atoms with Gasteiger partial charge in [0, 0.05) is 19.2 Å². The highest BCUT2D eigenvalue weighted by molar-refractivity contribution is 6.33. The van der Waals surface area contributed by atoms with Gasteiger partial charge in [0.15, 0.2) is 6.10 Å². The van der Waals surface area contributed by atoms with E-state index >= 15 is 0 Å². The van der Waals surface area contributed by atoms with Gasteiger partial charge in [-0.05, 0) is 30.5 Å². The molecule has 0 saturated carbocycles. The van der Waals surface area contributed by atoms with Crippen molar-refractivity contribution in [2.45, 2.75) is 26.0 Å². The SMILES string of the molecule is COc1cc(N)c(Cl)cc1C(=O)O[C@H](C)C(=O)N1CCc2ccccc2C1. The zero-order chi connectivity index (χ0) is 19.6. The van der Waals surface area contributed by atoms with Crippen LogP contribution in [0, 0.1) is 0 Å². The number of nitrogens with zero attached hydrogens (tertiary/aromatic N) is 1. The Morgan fingerprint density at radius 3 is 2.63 bits per heavy atom. The molecule has 0 unspecified atom stereocenters. The van der Waals surface area contributed by atoms with E-state index in [1.54, 1.807) is 11.8 Å². The Morgan fingerprint density at radius 1 is 1.22 bits per heavy atom. The lowest BCUT2D eigenvalue weighted by Crippen LogP contribution is -2.42. The normalized spacial score (nSPS) is 14.3. The van der Waals surface area contributed by atoms with Crippen molar-refractivity contribution in [2.24, 2.45) is 0 Å². The molecule has 0 spiro atoms. The molecule has 0 aliphatic carbocycles. The Balaban J connectivity index is 1.70. The van der Waals surface area contributed by atoms with Crippen molar-refractivity contribution >= 4 is 29.2 Å². The van der Waals surface area contributed by atoms with Crippen molar-refractivity contribution in [2.75, 3.05) is 19.4 Å². The number of benzene rings is 2. The molecule has 27 heavy (non-hydrogen) atoms. The van der Waals surface area contributed by atoms with Crippen LogP contribution in [-0.2, 0) is 22.5 Å². The summed E-state index contributed by atoms with van der Waals surface area (Å²) >= 11 is 5.99. The van der Waals surface area contributed by atoms with Crippen LogP contribution in [0.5, 0.6) is 5.75 Å². The second kappa shape index (κ2) is 7.88. The van der Waals surface area contributed by atoms with Crippen LogP contribution in [0.15, 0.2) is 36.4 Å². The quantitative estimate of drug-likeness (QED) is 0.643. The molecular formula is C20H21ClN2O4. The number of carbonyl (C=O) groups excluding carboxylic acids is 2. The predicted molar refractivity (Wildman–Crippen MR) is 103 cm³/mol. The van der Waals surface area contributed by atoms with Gasteiger partial charge >= 0.3 is 5.97 Å². The number of halogens is 1. The molecular weight excluding hydrogens is 368 g/mol. The zero-order valence-corrected chi connectivity index (χ0v) is 16.0. The van der Waals surface area contributed by atoms with E-state index in [4.69, 9.17) is 26.8 Å². The maximum absolute atomic E-state index is 12.7. The molecule has 1 amide bonds. The molecule has 0 saturated heterocycles. The lowest BCUT2D eigenvalue weighted by atomic mass is 9.99. The number of esters is 1. The van der Waals surface area contributed by atoms with Crippen LogP contribution in [0.1, 0.15) is 28.4 Å². The number of nitrogen functional groups attached to an aromatic ring is 1. The van der Waals surface area contributed by atoms with Gasteiger partial charge in [-0.2, -0.15) is 0 Å². The molecule has 2 N–H and O–H groups in total. The molecule has 0 fully saturated rings. The molecule has 0 radical (unpaired) electrons. The summed E-state index contributed by atoms with van der Waals surface area (Å²) in [6, 6.07) is 10.9. The summed E-state index contributed by atoms with van der Waals surface area (Å²) in [6.45, 7) is 2.66. The number of rotatable bonds is 4. The van der Waals surface area contributed by atoms with E-state index in [0.717, 1.165) is 12.0 Å². The van der Waals surface area contributed by atoms with Gasteiger partial charge in [-0.15, -0.1) is 0 Å². The molecule has 1 heterocycles. The number of amides is 1.